The summed E-state index contributed by atoms with van der Waals surface area (Å²) in [5.74, 6) is -0.496. The van der Waals surface area contributed by atoms with Gasteiger partial charge in [0.1, 0.15) is 29.7 Å². The number of rotatable bonds is 10. The van der Waals surface area contributed by atoms with Gasteiger partial charge in [-0.25, -0.2) is 4.79 Å². The van der Waals surface area contributed by atoms with Gasteiger partial charge in [0.05, 0.1) is 22.7 Å². The zero-order valence-electron chi connectivity index (χ0n) is 22.4. The third-order valence-corrected chi connectivity index (χ3v) is 6.36. The van der Waals surface area contributed by atoms with Gasteiger partial charge >= 0.3 is 5.97 Å². The quantitative estimate of drug-likeness (QED) is 0.0769. The highest BCUT2D eigenvalue weighted by atomic mass is 35.5. The summed E-state index contributed by atoms with van der Waals surface area (Å²) in [6.45, 7) is 4.39. The average Bonchev–Trinajstić information content (AvgIpc) is 2.96. The normalized spacial score (nSPS) is 10.3. The Kier molecular flexibility index (Phi) is 13.2. The first-order chi connectivity index (χ1) is 19.1. The number of amides is 1. The van der Waals surface area contributed by atoms with Crippen molar-refractivity contribution in [1.29, 1.82) is 0 Å². The second kappa shape index (κ2) is 16.0. The van der Waals surface area contributed by atoms with Gasteiger partial charge in [-0.05, 0) is 48.2 Å². The van der Waals surface area contributed by atoms with Crippen LogP contribution in [0.5, 0.6) is 11.5 Å². The van der Waals surface area contributed by atoms with E-state index in [-0.39, 0.29) is 40.5 Å². The Morgan fingerprint density at radius 1 is 0.975 bits per heavy atom. The van der Waals surface area contributed by atoms with E-state index in [0.29, 0.717) is 10.8 Å². The van der Waals surface area contributed by atoms with Crippen LogP contribution >= 0.6 is 34.8 Å². The van der Waals surface area contributed by atoms with E-state index in [2.05, 4.69) is 18.6 Å². The molecule has 3 aromatic carbocycles. The lowest BCUT2D eigenvalue weighted by Gasteiger charge is -2.26. The van der Waals surface area contributed by atoms with Crippen LogP contribution in [0.1, 0.15) is 35.3 Å². The number of carbonyl (C=O) groups excluding carboxylic acids is 2. The Bertz CT molecular complexity index is 1330. The second-order valence-electron chi connectivity index (χ2n) is 8.11. The summed E-state index contributed by atoms with van der Waals surface area (Å²) >= 11 is 17.4. The number of para-hydroxylation sites is 1. The van der Waals surface area contributed by atoms with Gasteiger partial charge in [0, 0.05) is 24.3 Å². The molecule has 0 aliphatic carbocycles. The Balaban J connectivity index is 0.000000286. The maximum Gasteiger partial charge on any atom is 0.345 e. The van der Waals surface area contributed by atoms with Crippen molar-refractivity contribution in [2.75, 3.05) is 31.7 Å². The van der Waals surface area contributed by atoms with Crippen molar-refractivity contribution >= 4 is 58.1 Å². The maximum absolute atomic E-state index is 12.0. The third-order valence-electron chi connectivity index (χ3n) is 5.60. The topological polar surface area (TPSA) is 108 Å². The molecule has 0 atom stereocenters. The lowest BCUT2D eigenvalue weighted by atomic mass is 10.0. The number of halogens is 3. The van der Waals surface area contributed by atoms with Gasteiger partial charge in [-0.1, -0.05) is 55.2 Å². The predicted molar refractivity (Wildman–Crippen MR) is 156 cm³/mol. The Labute approximate surface area is 247 Å². The fraction of sp³-hybridized carbons (Fsp3) is 0.286. The molecule has 0 bridgehead atoms. The van der Waals surface area contributed by atoms with Crippen LogP contribution in [0.3, 0.4) is 0 Å². The Morgan fingerprint density at radius 2 is 1.62 bits per heavy atom. The number of methoxy groups -OCH3 is 2. The van der Waals surface area contributed by atoms with E-state index < -0.39 is 10.9 Å². The smallest absolute Gasteiger partial charge is 0.345 e. The molecular formula is C28H29Cl3N2O7. The molecule has 0 N–H and O–H groups in total. The first-order valence-corrected chi connectivity index (χ1v) is 13.4. The van der Waals surface area contributed by atoms with Crippen molar-refractivity contribution in [2.45, 2.75) is 26.7 Å². The van der Waals surface area contributed by atoms with Crippen molar-refractivity contribution < 1.29 is 28.7 Å². The lowest BCUT2D eigenvalue weighted by Crippen LogP contribution is -2.35. The van der Waals surface area contributed by atoms with E-state index in [0.717, 1.165) is 42.8 Å². The van der Waals surface area contributed by atoms with E-state index in [1.54, 1.807) is 24.1 Å². The van der Waals surface area contributed by atoms with Crippen LogP contribution in [0.2, 0.25) is 10.0 Å². The van der Waals surface area contributed by atoms with Gasteiger partial charge in [-0.2, -0.15) is 0 Å². The minimum Gasteiger partial charge on any atom is -0.465 e. The van der Waals surface area contributed by atoms with Crippen molar-refractivity contribution in [3.63, 3.8) is 0 Å². The average molecular weight is 612 g/mol. The van der Waals surface area contributed by atoms with Gasteiger partial charge in [-0.15, -0.1) is 11.6 Å². The van der Waals surface area contributed by atoms with Gasteiger partial charge in [0.25, 0.3) is 5.69 Å². The number of nitro benzene ring substituents is 1. The Morgan fingerprint density at radius 3 is 2.12 bits per heavy atom. The molecule has 0 unspecified atom stereocenters. The molecule has 3 aromatic rings. The number of esters is 1. The molecular weight excluding hydrogens is 583 g/mol. The fourth-order valence-corrected chi connectivity index (χ4v) is 4.31. The third kappa shape index (κ3) is 8.56. The molecule has 214 valence electrons. The molecule has 12 heteroatoms. The van der Waals surface area contributed by atoms with Gasteiger partial charge in [-0.3, -0.25) is 19.8 Å². The van der Waals surface area contributed by atoms with Crippen LogP contribution in [-0.4, -0.2) is 43.6 Å². The molecule has 0 aromatic heterocycles. The fourth-order valence-electron chi connectivity index (χ4n) is 3.72. The zero-order valence-corrected chi connectivity index (χ0v) is 24.7. The number of hydrogen-bond donors (Lipinski definition) is 0. The molecule has 0 spiro atoms. The van der Waals surface area contributed by atoms with Crippen molar-refractivity contribution in [3.05, 3.63) is 91.4 Å². The summed E-state index contributed by atoms with van der Waals surface area (Å²) in [6, 6.07) is 14.5. The standard InChI is InChI=1S/C14H9Cl2NO5.C14H20ClNO2/c1-21-14(18)10-7-9(3-4-12(10)17(19)20)22-13-5-2-8(15)6-11(13)16;1-4-11-7-6-8-12(5-2)14(11)16(10-18-3)13(17)9-15/h2-7H,1H3;6-8H,4-5,9-10H2,1-3H3. The molecule has 1 amide bonds. The minimum absolute atomic E-state index is 0.0371. The van der Waals surface area contributed by atoms with Crippen LogP contribution in [0.4, 0.5) is 11.4 Å². The molecule has 0 aliphatic heterocycles. The summed E-state index contributed by atoms with van der Waals surface area (Å²) in [7, 11) is 2.71. The van der Waals surface area contributed by atoms with E-state index in [9.17, 15) is 19.7 Å². The molecule has 3 rings (SSSR count). The molecule has 0 saturated heterocycles. The van der Waals surface area contributed by atoms with Crippen LogP contribution in [0, 0.1) is 10.1 Å². The highest BCUT2D eigenvalue weighted by molar-refractivity contribution is 6.35. The number of nitro groups is 1. The first-order valence-electron chi connectivity index (χ1n) is 12.1. The van der Waals surface area contributed by atoms with Gasteiger partial charge in [0.15, 0.2) is 0 Å². The van der Waals surface area contributed by atoms with Crippen LogP contribution < -0.4 is 9.64 Å². The van der Waals surface area contributed by atoms with Crippen LogP contribution in [0.25, 0.3) is 0 Å². The highest BCUT2D eigenvalue weighted by Gasteiger charge is 2.22. The molecule has 9 nitrogen and oxygen atoms in total. The lowest BCUT2D eigenvalue weighted by molar-refractivity contribution is -0.385. The summed E-state index contributed by atoms with van der Waals surface area (Å²) in [6.07, 6.45) is 1.75. The summed E-state index contributed by atoms with van der Waals surface area (Å²) in [5.41, 5.74) is 2.65. The van der Waals surface area contributed by atoms with E-state index >= 15 is 0 Å². The van der Waals surface area contributed by atoms with E-state index in [1.807, 2.05) is 18.2 Å². The number of anilines is 1. The molecule has 0 fully saturated rings. The summed E-state index contributed by atoms with van der Waals surface area (Å²) < 4.78 is 15.2. The van der Waals surface area contributed by atoms with Crippen molar-refractivity contribution in [1.82, 2.24) is 0 Å². The molecule has 40 heavy (non-hydrogen) atoms. The SMILES string of the molecule is CCc1cccc(CC)c1N(COC)C(=O)CCl.COC(=O)c1cc(Oc2ccc(Cl)cc2Cl)ccc1[N+](=O)[O-]. The summed E-state index contributed by atoms with van der Waals surface area (Å²) in [5, 5.41) is 11.6. The van der Waals surface area contributed by atoms with Gasteiger partial charge < -0.3 is 14.2 Å². The number of hydrogen-bond acceptors (Lipinski definition) is 7. The number of carbonyl (C=O) groups is 2. The molecule has 0 saturated carbocycles. The van der Waals surface area contributed by atoms with Gasteiger partial charge in [0.2, 0.25) is 5.91 Å². The largest absolute Gasteiger partial charge is 0.465 e. The highest BCUT2D eigenvalue weighted by Crippen LogP contribution is 2.33. The molecule has 0 heterocycles. The second-order valence-corrected chi connectivity index (χ2v) is 9.22. The first kappa shape index (κ1) is 32.8. The monoisotopic (exact) mass is 610 g/mol. The zero-order chi connectivity index (χ0) is 29.8. The number of ether oxygens (including phenoxy) is 3. The number of alkyl halides is 1. The van der Waals surface area contributed by atoms with Crippen molar-refractivity contribution in [2.24, 2.45) is 0 Å². The predicted octanol–water partition coefficient (Wildman–Crippen LogP) is 7.47. The number of aryl methyl sites for hydroxylation is 2. The molecule has 0 aliphatic rings. The minimum atomic E-state index is -0.834. The van der Waals surface area contributed by atoms with Crippen LogP contribution in [-0.2, 0) is 27.1 Å². The van der Waals surface area contributed by atoms with E-state index in [1.165, 1.54) is 18.2 Å². The number of benzene rings is 3. The van der Waals surface area contributed by atoms with Crippen molar-refractivity contribution in [3.8, 4) is 11.5 Å². The molecule has 0 radical (unpaired) electrons. The van der Waals surface area contributed by atoms with E-state index in [4.69, 9.17) is 44.3 Å². The summed E-state index contributed by atoms with van der Waals surface area (Å²) in [4.78, 5) is 35.5. The maximum atomic E-state index is 12.0. The Hall–Kier alpha value is -3.37. The number of nitrogens with zero attached hydrogens (tertiary/aromatic N) is 2. The van der Waals surface area contributed by atoms with Crippen LogP contribution in [0.15, 0.2) is 54.6 Å².